The second-order valence-corrected chi connectivity index (χ2v) is 7.55. The minimum Gasteiger partial charge on any atom is -0.493 e. The molecule has 7 heteroatoms. The molecule has 1 aliphatic heterocycles. The van der Waals surface area contributed by atoms with Crippen LogP contribution >= 0.6 is 27.7 Å². The molecule has 0 bridgehead atoms. The van der Waals surface area contributed by atoms with Crippen LogP contribution in [-0.4, -0.2) is 23.6 Å². The summed E-state index contributed by atoms with van der Waals surface area (Å²) in [5, 5.41) is 2.85. The van der Waals surface area contributed by atoms with E-state index in [4.69, 9.17) is 4.74 Å². The summed E-state index contributed by atoms with van der Waals surface area (Å²) in [5.74, 6) is 0.120. The Labute approximate surface area is 160 Å². The fraction of sp³-hybridized carbons (Fsp3) is 0.389. The maximum atomic E-state index is 12.0. The maximum Gasteiger partial charge on any atom is 0.286 e. The van der Waals surface area contributed by atoms with Crippen LogP contribution in [0.5, 0.6) is 5.75 Å². The number of halogens is 1. The van der Waals surface area contributed by atoms with Gasteiger partial charge in [0.2, 0.25) is 5.91 Å². The number of hydrogen-bond donors (Lipinski definition) is 1. The lowest BCUT2D eigenvalue weighted by Crippen LogP contribution is -2.23. The Morgan fingerprint density at radius 2 is 2.16 bits per heavy atom. The first-order valence-corrected chi connectivity index (χ1v) is 9.83. The number of ether oxygens (including phenoxy) is 1. The SMILES string of the molecule is CCCCCCOc1ccc(Br)cc1/C=C1/SC(NC(C)=O)=NC1=O. The molecule has 25 heavy (non-hydrogen) atoms. The molecule has 2 amide bonds. The van der Waals surface area contributed by atoms with Crippen molar-refractivity contribution in [2.75, 3.05) is 6.61 Å². The van der Waals surface area contributed by atoms with Gasteiger partial charge >= 0.3 is 0 Å². The van der Waals surface area contributed by atoms with Gasteiger partial charge in [0.1, 0.15) is 5.75 Å². The van der Waals surface area contributed by atoms with E-state index in [9.17, 15) is 9.59 Å². The lowest BCUT2D eigenvalue weighted by Gasteiger charge is -2.10. The average molecular weight is 425 g/mol. The minimum atomic E-state index is -0.359. The topological polar surface area (TPSA) is 67.8 Å². The molecule has 0 aliphatic carbocycles. The van der Waals surface area contributed by atoms with E-state index in [0.29, 0.717) is 16.7 Å². The molecular formula is C18H21BrN2O3S. The molecule has 2 rings (SSSR count). The van der Waals surface area contributed by atoms with Crippen LogP contribution in [-0.2, 0) is 9.59 Å². The summed E-state index contributed by atoms with van der Waals surface area (Å²) < 4.78 is 6.78. The number of nitrogens with zero attached hydrogens (tertiary/aromatic N) is 1. The van der Waals surface area contributed by atoms with Crippen molar-refractivity contribution in [1.29, 1.82) is 0 Å². The van der Waals surface area contributed by atoms with Gasteiger partial charge in [0.05, 0.1) is 11.5 Å². The molecule has 1 N–H and O–H groups in total. The predicted octanol–water partition coefficient (Wildman–Crippen LogP) is 4.51. The smallest absolute Gasteiger partial charge is 0.286 e. The molecule has 5 nitrogen and oxygen atoms in total. The Bertz CT molecular complexity index is 716. The zero-order chi connectivity index (χ0) is 18.2. The number of benzene rings is 1. The average Bonchev–Trinajstić information content (AvgIpc) is 2.87. The number of rotatable bonds is 7. The zero-order valence-corrected chi connectivity index (χ0v) is 16.7. The first-order valence-electron chi connectivity index (χ1n) is 8.22. The van der Waals surface area contributed by atoms with E-state index in [1.807, 2.05) is 18.2 Å². The number of amidine groups is 1. The van der Waals surface area contributed by atoms with Gasteiger partial charge < -0.3 is 10.1 Å². The molecule has 0 atom stereocenters. The molecule has 0 saturated heterocycles. The maximum absolute atomic E-state index is 12.0. The number of nitrogens with one attached hydrogen (secondary N) is 1. The van der Waals surface area contributed by atoms with Gasteiger partial charge in [-0.05, 0) is 42.5 Å². The van der Waals surface area contributed by atoms with Gasteiger partial charge in [-0.2, -0.15) is 4.99 Å². The third kappa shape index (κ3) is 6.32. The fourth-order valence-corrected chi connectivity index (χ4v) is 3.46. The second-order valence-electron chi connectivity index (χ2n) is 5.61. The van der Waals surface area contributed by atoms with Crippen LogP contribution < -0.4 is 10.1 Å². The minimum absolute atomic E-state index is 0.251. The van der Waals surface area contributed by atoms with Gasteiger partial charge in [0, 0.05) is 17.0 Å². The zero-order valence-electron chi connectivity index (χ0n) is 14.3. The highest BCUT2D eigenvalue weighted by atomic mass is 79.9. The highest BCUT2D eigenvalue weighted by molar-refractivity contribution is 9.10. The third-order valence-corrected chi connectivity index (χ3v) is 4.81. The van der Waals surface area contributed by atoms with Crippen LogP contribution in [0.2, 0.25) is 0 Å². The van der Waals surface area contributed by atoms with Gasteiger partial charge in [-0.3, -0.25) is 9.59 Å². The summed E-state index contributed by atoms with van der Waals surface area (Å²) in [5.41, 5.74) is 0.806. The van der Waals surface area contributed by atoms with E-state index in [0.717, 1.165) is 40.4 Å². The van der Waals surface area contributed by atoms with Crippen molar-refractivity contribution in [2.24, 2.45) is 4.99 Å². The number of carbonyl (C=O) groups excluding carboxylic acids is 2. The standard InChI is InChI=1S/C18H21BrN2O3S/c1-3-4-5-6-9-24-15-8-7-14(19)10-13(15)11-16-17(23)21-18(25-16)20-12(2)22/h7-8,10-11H,3-6,9H2,1-2H3,(H,20,21,22,23)/b16-11+. The lowest BCUT2D eigenvalue weighted by molar-refractivity contribution is -0.117. The summed E-state index contributed by atoms with van der Waals surface area (Å²) in [6.45, 7) is 4.20. The molecule has 0 fully saturated rings. The van der Waals surface area contributed by atoms with Crippen molar-refractivity contribution >= 4 is 50.7 Å². The molecule has 134 valence electrons. The van der Waals surface area contributed by atoms with Crippen LogP contribution in [0.1, 0.15) is 45.1 Å². The van der Waals surface area contributed by atoms with E-state index in [1.54, 1.807) is 6.08 Å². The van der Waals surface area contributed by atoms with Gasteiger partial charge in [0.25, 0.3) is 5.91 Å². The molecule has 0 unspecified atom stereocenters. The summed E-state index contributed by atoms with van der Waals surface area (Å²) in [7, 11) is 0. The number of unbranched alkanes of at least 4 members (excludes halogenated alkanes) is 3. The molecule has 1 aromatic rings. The van der Waals surface area contributed by atoms with E-state index < -0.39 is 0 Å². The molecule has 0 aromatic heterocycles. The molecular weight excluding hydrogens is 404 g/mol. The molecule has 0 spiro atoms. The third-order valence-electron chi connectivity index (χ3n) is 3.42. The van der Waals surface area contributed by atoms with Gasteiger partial charge in [0.15, 0.2) is 5.17 Å². The van der Waals surface area contributed by atoms with Crippen molar-refractivity contribution in [2.45, 2.75) is 39.5 Å². The lowest BCUT2D eigenvalue weighted by atomic mass is 10.2. The van der Waals surface area contributed by atoms with Crippen molar-refractivity contribution < 1.29 is 14.3 Å². The highest BCUT2D eigenvalue weighted by Crippen LogP contribution is 2.32. The summed E-state index contributed by atoms with van der Waals surface area (Å²) >= 11 is 4.60. The number of thioether (sulfide) groups is 1. The number of amides is 2. The quantitative estimate of drug-likeness (QED) is 0.516. The Morgan fingerprint density at radius 3 is 2.88 bits per heavy atom. The molecule has 1 aliphatic rings. The Morgan fingerprint density at radius 1 is 1.36 bits per heavy atom. The predicted molar refractivity (Wildman–Crippen MR) is 106 cm³/mol. The monoisotopic (exact) mass is 424 g/mol. The summed E-state index contributed by atoms with van der Waals surface area (Å²) in [6, 6.07) is 5.70. The van der Waals surface area contributed by atoms with Crippen LogP contribution in [0.3, 0.4) is 0 Å². The van der Waals surface area contributed by atoms with Crippen LogP contribution in [0, 0.1) is 0 Å². The van der Waals surface area contributed by atoms with Gasteiger partial charge in [-0.15, -0.1) is 0 Å². The first kappa shape index (κ1) is 19.7. The number of aliphatic imine (C=N–C) groups is 1. The van der Waals surface area contributed by atoms with E-state index in [2.05, 4.69) is 33.2 Å². The number of carbonyl (C=O) groups is 2. The Kier molecular flexibility index (Phi) is 7.71. The van der Waals surface area contributed by atoms with Crippen molar-refractivity contribution in [3.63, 3.8) is 0 Å². The van der Waals surface area contributed by atoms with Crippen molar-refractivity contribution in [3.8, 4) is 5.75 Å². The molecule has 1 heterocycles. The first-order chi connectivity index (χ1) is 12.0. The summed E-state index contributed by atoms with van der Waals surface area (Å²) in [4.78, 5) is 27.4. The fourth-order valence-electron chi connectivity index (χ4n) is 2.23. The molecule has 0 radical (unpaired) electrons. The molecule has 0 saturated carbocycles. The van der Waals surface area contributed by atoms with E-state index in [1.165, 1.54) is 19.8 Å². The Hall–Kier alpha value is -1.60. The Balaban J connectivity index is 2.09. The van der Waals surface area contributed by atoms with Crippen LogP contribution in [0.25, 0.3) is 6.08 Å². The highest BCUT2D eigenvalue weighted by Gasteiger charge is 2.23. The second kappa shape index (κ2) is 9.77. The number of hydrogen-bond acceptors (Lipinski definition) is 4. The van der Waals surface area contributed by atoms with Crippen molar-refractivity contribution in [1.82, 2.24) is 5.32 Å². The van der Waals surface area contributed by atoms with Crippen LogP contribution in [0.4, 0.5) is 0 Å². The van der Waals surface area contributed by atoms with Gasteiger partial charge in [-0.25, -0.2) is 0 Å². The largest absolute Gasteiger partial charge is 0.493 e. The van der Waals surface area contributed by atoms with E-state index >= 15 is 0 Å². The van der Waals surface area contributed by atoms with E-state index in [-0.39, 0.29) is 11.8 Å². The van der Waals surface area contributed by atoms with Gasteiger partial charge in [-0.1, -0.05) is 42.1 Å². The van der Waals surface area contributed by atoms with Crippen LogP contribution in [0.15, 0.2) is 32.6 Å². The normalized spacial score (nSPS) is 15.4. The molecule has 1 aromatic carbocycles. The summed E-state index contributed by atoms with van der Waals surface area (Å²) in [6.07, 6.45) is 6.28. The van der Waals surface area contributed by atoms with Crippen molar-refractivity contribution in [3.05, 3.63) is 33.1 Å².